The van der Waals surface area contributed by atoms with Crippen molar-refractivity contribution in [2.24, 2.45) is 0 Å². The second kappa shape index (κ2) is 5.05. The molecule has 0 spiro atoms. The van der Waals surface area contributed by atoms with Gasteiger partial charge in [0.25, 0.3) is 0 Å². The van der Waals surface area contributed by atoms with E-state index in [1.54, 1.807) is 6.26 Å². The molecule has 0 atom stereocenters. The summed E-state index contributed by atoms with van der Waals surface area (Å²) in [6, 6.07) is 3.69. The topological polar surface area (TPSA) is 76.7 Å². The molecule has 20 heavy (non-hydrogen) atoms. The van der Waals surface area contributed by atoms with Crippen LogP contribution in [-0.4, -0.2) is 19.9 Å². The Morgan fingerprint density at radius 1 is 1.15 bits per heavy atom. The highest BCUT2D eigenvalue weighted by Gasteiger charge is 2.10. The summed E-state index contributed by atoms with van der Waals surface area (Å²) in [5.41, 5.74) is 2.64. The zero-order valence-corrected chi connectivity index (χ0v) is 11.8. The minimum Gasteiger partial charge on any atom is -0.467 e. The van der Waals surface area contributed by atoms with E-state index >= 15 is 0 Å². The summed E-state index contributed by atoms with van der Waals surface area (Å²) < 4.78 is 5.23. The lowest BCUT2D eigenvalue weighted by Gasteiger charge is -2.06. The molecule has 102 valence electrons. The molecule has 0 fully saturated rings. The quantitative estimate of drug-likeness (QED) is 0.747. The van der Waals surface area contributed by atoms with Gasteiger partial charge in [-0.25, -0.2) is 9.97 Å². The van der Waals surface area contributed by atoms with Gasteiger partial charge in [-0.1, -0.05) is 11.6 Å². The molecule has 1 N–H and O–H groups in total. The highest BCUT2D eigenvalue weighted by Crippen LogP contribution is 2.20. The van der Waals surface area contributed by atoms with Gasteiger partial charge >= 0.3 is 0 Å². The van der Waals surface area contributed by atoms with Crippen molar-refractivity contribution < 1.29 is 4.42 Å². The maximum atomic E-state index is 6.13. The van der Waals surface area contributed by atoms with Crippen molar-refractivity contribution in [2.75, 3.05) is 5.32 Å². The van der Waals surface area contributed by atoms with E-state index in [4.69, 9.17) is 16.0 Å². The number of fused-ring (bicyclic) bond motifs is 1. The summed E-state index contributed by atoms with van der Waals surface area (Å²) in [6.07, 6.45) is 1.61. The average molecular weight is 290 g/mol. The van der Waals surface area contributed by atoms with Crippen molar-refractivity contribution in [3.8, 4) is 0 Å². The minimum atomic E-state index is 0.285. The number of aromatic nitrogens is 4. The first-order valence-corrected chi connectivity index (χ1v) is 6.46. The predicted molar refractivity (Wildman–Crippen MR) is 75.6 cm³/mol. The van der Waals surface area contributed by atoms with Gasteiger partial charge in [0.05, 0.1) is 24.2 Å². The Labute approximate surface area is 120 Å². The van der Waals surface area contributed by atoms with Gasteiger partial charge in [0, 0.05) is 0 Å². The first-order valence-electron chi connectivity index (χ1n) is 6.08. The predicted octanol–water partition coefficient (Wildman–Crippen LogP) is 2.90. The Hall–Kier alpha value is -2.21. The number of aryl methyl sites for hydroxylation is 2. The van der Waals surface area contributed by atoms with Crippen LogP contribution < -0.4 is 5.32 Å². The second-order valence-corrected chi connectivity index (χ2v) is 4.70. The molecule has 0 amide bonds. The molecule has 0 bridgehead atoms. The van der Waals surface area contributed by atoms with Crippen molar-refractivity contribution in [2.45, 2.75) is 20.4 Å². The first-order chi connectivity index (χ1) is 9.63. The van der Waals surface area contributed by atoms with Crippen molar-refractivity contribution in [1.82, 2.24) is 19.9 Å². The molecule has 3 rings (SSSR count). The molecule has 3 aromatic rings. The summed E-state index contributed by atoms with van der Waals surface area (Å²) in [5.74, 6) is 1.19. The van der Waals surface area contributed by atoms with E-state index in [0.29, 0.717) is 23.7 Å². The third-order valence-electron chi connectivity index (χ3n) is 2.90. The van der Waals surface area contributed by atoms with E-state index < -0.39 is 0 Å². The van der Waals surface area contributed by atoms with E-state index in [0.717, 1.165) is 17.1 Å². The Kier molecular flexibility index (Phi) is 3.23. The van der Waals surface area contributed by atoms with Crippen LogP contribution in [0.15, 0.2) is 22.8 Å². The Balaban J connectivity index is 1.94. The zero-order chi connectivity index (χ0) is 14.1. The lowest BCUT2D eigenvalue weighted by molar-refractivity contribution is 0.517. The number of rotatable bonds is 3. The van der Waals surface area contributed by atoms with Gasteiger partial charge in [-0.05, 0) is 26.0 Å². The molecule has 6 nitrogen and oxygen atoms in total. The molecule has 0 saturated carbocycles. The van der Waals surface area contributed by atoms with Crippen LogP contribution in [0.5, 0.6) is 0 Å². The van der Waals surface area contributed by atoms with Crippen LogP contribution in [0.1, 0.15) is 17.1 Å². The van der Waals surface area contributed by atoms with Gasteiger partial charge in [0.2, 0.25) is 5.95 Å². The smallest absolute Gasteiger partial charge is 0.226 e. The van der Waals surface area contributed by atoms with Crippen LogP contribution in [0, 0.1) is 13.8 Å². The largest absolute Gasteiger partial charge is 0.467 e. The number of hydrogen-bond acceptors (Lipinski definition) is 6. The maximum absolute atomic E-state index is 6.13. The molecule has 3 heterocycles. The third-order valence-corrected chi connectivity index (χ3v) is 3.16. The molecule has 0 aliphatic carbocycles. The fourth-order valence-corrected chi connectivity index (χ4v) is 1.94. The standard InChI is InChI=1S/C13H12ClN5O/c1-7-8(2)17-12-10(16-7)11(14)18-13(19-12)15-6-9-4-3-5-20-9/h3-5H,6H2,1-2H3,(H,15,17,18,19). The van der Waals surface area contributed by atoms with Crippen LogP contribution in [0.25, 0.3) is 11.2 Å². The number of halogens is 1. The van der Waals surface area contributed by atoms with Gasteiger partial charge in [-0.15, -0.1) is 0 Å². The summed E-state index contributed by atoms with van der Waals surface area (Å²) >= 11 is 6.13. The van der Waals surface area contributed by atoms with Crippen molar-refractivity contribution in [1.29, 1.82) is 0 Å². The molecular weight excluding hydrogens is 278 g/mol. The third kappa shape index (κ3) is 2.42. The van der Waals surface area contributed by atoms with Crippen LogP contribution in [0.3, 0.4) is 0 Å². The Morgan fingerprint density at radius 2 is 1.95 bits per heavy atom. The van der Waals surface area contributed by atoms with E-state index in [2.05, 4.69) is 25.3 Å². The molecular formula is C13H12ClN5O. The summed E-state index contributed by atoms with van der Waals surface area (Å²) in [6.45, 7) is 4.24. The van der Waals surface area contributed by atoms with Gasteiger partial charge in [-0.2, -0.15) is 9.97 Å². The van der Waals surface area contributed by atoms with E-state index in [1.807, 2.05) is 26.0 Å². The second-order valence-electron chi connectivity index (χ2n) is 4.34. The highest BCUT2D eigenvalue weighted by atomic mass is 35.5. The highest BCUT2D eigenvalue weighted by molar-refractivity contribution is 6.33. The molecule has 0 radical (unpaired) electrons. The number of nitrogens with one attached hydrogen (secondary N) is 1. The SMILES string of the molecule is Cc1nc2nc(NCc3ccco3)nc(Cl)c2nc1C. The van der Waals surface area contributed by atoms with E-state index in [1.165, 1.54) is 0 Å². The van der Waals surface area contributed by atoms with Crippen LogP contribution in [-0.2, 0) is 6.54 Å². The van der Waals surface area contributed by atoms with Gasteiger partial charge in [0.15, 0.2) is 10.8 Å². The van der Waals surface area contributed by atoms with Crippen LogP contribution in [0.2, 0.25) is 5.15 Å². The van der Waals surface area contributed by atoms with E-state index in [-0.39, 0.29) is 5.15 Å². The molecule has 0 saturated heterocycles. The van der Waals surface area contributed by atoms with Gasteiger partial charge in [0.1, 0.15) is 11.3 Å². The maximum Gasteiger partial charge on any atom is 0.226 e. The molecule has 3 aromatic heterocycles. The molecule has 7 heteroatoms. The van der Waals surface area contributed by atoms with Crippen molar-refractivity contribution in [3.05, 3.63) is 40.7 Å². The van der Waals surface area contributed by atoms with Crippen LogP contribution in [0.4, 0.5) is 5.95 Å². The first kappa shape index (κ1) is 12.8. The number of hydrogen-bond donors (Lipinski definition) is 1. The minimum absolute atomic E-state index is 0.285. The monoisotopic (exact) mass is 289 g/mol. The van der Waals surface area contributed by atoms with E-state index in [9.17, 15) is 0 Å². The summed E-state index contributed by atoms with van der Waals surface area (Å²) in [4.78, 5) is 17.2. The molecule has 0 unspecified atom stereocenters. The Bertz CT molecular complexity index is 757. The Morgan fingerprint density at radius 3 is 2.70 bits per heavy atom. The summed E-state index contributed by atoms with van der Waals surface area (Å²) in [7, 11) is 0. The fraction of sp³-hybridized carbons (Fsp3) is 0.231. The number of nitrogens with zero attached hydrogens (tertiary/aromatic N) is 4. The molecule has 0 aliphatic heterocycles. The van der Waals surface area contributed by atoms with Crippen molar-refractivity contribution >= 4 is 28.7 Å². The number of furan rings is 1. The van der Waals surface area contributed by atoms with Crippen molar-refractivity contribution in [3.63, 3.8) is 0 Å². The zero-order valence-electron chi connectivity index (χ0n) is 11.0. The average Bonchev–Trinajstić information content (AvgIpc) is 2.92. The van der Waals surface area contributed by atoms with Crippen LogP contribution >= 0.6 is 11.6 Å². The lowest BCUT2D eigenvalue weighted by atomic mass is 10.3. The van der Waals surface area contributed by atoms with Gasteiger partial charge in [-0.3, -0.25) is 0 Å². The summed E-state index contributed by atoms with van der Waals surface area (Å²) in [5, 5.41) is 3.33. The van der Waals surface area contributed by atoms with Gasteiger partial charge < -0.3 is 9.73 Å². The number of anilines is 1. The molecule has 0 aromatic carbocycles. The molecule has 0 aliphatic rings. The lowest BCUT2D eigenvalue weighted by Crippen LogP contribution is -2.05. The normalized spacial score (nSPS) is 10.9. The fourth-order valence-electron chi connectivity index (χ4n) is 1.74.